The molecule has 0 saturated carbocycles. The van der Waals surface area contributed by atoms with Crippen molar-refractivity contribution >= 4 is 46.5 Å². The van der Waals surface area contributed by atoms with Crippen molar-refractivity contribution in [2.24, 2.45) is 0 Å². The maximum atomic E-state index is 13.1. The van der Waals surface area contributed by atoms with Gasteiger partial charge in [0.15, 0.2) is 11.5 Å². The summed E-state index contributed by atoms with van der Waals surface area (Å²) in [4.78, 5) is 50.2. The number of ether oxygens (including phenoxy) is 2. The minimum atomic E-state index is -0.962. The van der Waals surface area contributed by atoms with Crippen LogP contribution in [0.5, 0.6) is 11.5 Å². The van der Waals surface area contributed by atoms with Gasteiger partial charge in [-0.15, -0.1) is 0 Å². The van der Waals surface area contributed by atoms with Crippen LogP contribution in [0.3, 0.4) is 0 Å². The summed E-state index contributed by atoms with van der Waals surface area (Å²) in [5, 5.41) is 12.2. The molecule has 0 unspecified atom stereocenters. The number of carbonyl (C=O) groups excluding carboxylic acids is 3. The lowest BCUT2D eigenvalue weighted by molar-refractivity contribution is -0.140. The molecule has 2 aromatic carbocycles. The average Bonchev–Trinajstić information content (AvgIpc) is 3.42. The van der Waals surface area contributed by atoms with E-state index in [-0.39, 0.29) is 18.1 Å². The fourth-order valence-corrected chi connectivity index (χ4v) is 3.81. The van der Waals surface area contributed by atoms with Crippen molar-refractivity contribution in [2.75, 3.05) is 11.7 Å². The Morgan fingerprint density at radius 2 is 1.88 bits per heavy atom. The second kappa shape index (κ2) is 7.52. The van der Waals surface area contributed by atoms with Crippen molar-refractivity contribution in [3.05, 3.63) is 59.8 Å². The van der Waals surface area contributed by atoms with Crippen molar-refractivity contribution in [1.82, 2.24) is 9.88 Å². The first kappa shape index (κ1) is 20.3. The second-order valence-electron chi connectivity index (χ2n) is 7.55. The summed E-state index contributed by atoms with van der Waals surface area (Å²) in [7, 11) is 0. The molecule has 3 heterocycles. The topological polar surface area (TPSA) is 127 Å². The summed E-state index contributed by atoms with van der Waals surface area (Å²) in [5.74, 6) is -1.66. The summed E-state index contributed by atoms with van der Waals surface area (Å²) in [6.07, 6.45) is 3.06. The SMILES string of the molecule is C[C@H](C(=O)O)n1ccc2cc(/C=C3\C(=O)NC(=O)N(c4ccc5c(c4)OCO5)C3=O)ccc21. The van der Waals surface area contributed by atoms with Gasteiger partial charge in [0.2, 0.25) is 6.79 Å². The van der Waals surface area contributed by atoms with E-state index in [0.29, 0.717) is 22.6 Å². The number of anilines is 1. The van der Waals surface area contributed by atoms with Crippen LogP contribution < -0.4 is 19.7 Å². The summed E-state index contributed by atoms with van der Waals surface area (Å²) >= 11 is 0. The number of barbiturate groups is 1. The molecule has 0 bridgehead atoms. The van der Waals surface area contributed by atoms with Gasteiger partial charge in [-0.05, 0) is 48.9 Å². The minimum absolute atomic E-state index is 0.0397. The van der Waals surface area contributed by atoms with E-state index >= 15 is 0 Å². The van der Waals surface area contributed by atoms with Gasteiger partial charge in [-0.1, -0.05) is 6.07 Å². The van der Waals surface area contributed by atoms with Crippen LogP contribution in [0.15, 0.2) is 54.2 Å². The summed E-state index contributed by atoms with van der Waals surface area (Å²) < 4.78 is 12.2. The summed E-state index contributed by atoms with van der Waals surface area (Å²) in [6.45, 7) is 1.61. The maximum Gasteiger partial charge on any atom is 0.335 e. The molecule has 5 rings (SSSR count). The molecular weight excluding hydrogens is 430 g/mol. The van der Waals surface area contributed by atoms with Crippen molar-refractivity contribution in [1.29, 1.82) is 0 Å². The van der Waals surface area contributed by atoms with Crippen molar-refractivity contribution < 1.29 is 33.8 Å². The van der Waals surface area contributed by atoms with Crippen LogP contribution in [0.2, 0.25) is 0 Å². The van der Waals surface area contributed by atoms with Crippen LogP contribution in [0.25, 0.3) is 17.0 Å². The zero-order valence-corrected chi connectivity index (χ0v) is 17.3. The Kier molecular flexibility index (Phi) is 4.63. The lowest BCUT2D eigenvalue weighted by atomic mass is 10.1. The predicted molar refractivity (Wildman–Crippen MR) is 116 cm³/mol. The van der Waals surface area contributed by atoms with Crippen LogP contribution in [0, 0.1) is 0 Å². The second-order valence-corrected chi connectivity index (χ2v) is 7.55. The number of urea groups is 1. The third-order valence-electron chi connectivity index (χ3n) is 5.55. The number of nitrogens with zero attached hydrogens (tertiary/aromatic N) is 2. The molecule has 33 heavy (non-hydrogen) atoms. The Morgan fingerprint density at radius 3 is 2.67 bits per heavy atom. The predicted octanol–water partition coefficient (Wildman–Crippen LogP) is 2.68. The van der Waals surface area contributed by atoms with Crippen LogP contribution in [-0.4, -0.2) is 40.3 Å². The minimum Gasteiger partial charge on any atom is -0.480 e. The Balaban J connectivity index is 1.50. The van der Waals surface area contributed by atoms with Gasteiger partial charge >= 0.3 is 12.0 Å². The maximum absolute atomic E-state index is 13.1. The fraction of sp³-hybridized carbons (Fsp3) is 0.130. The van der Waals surface area contributed by atoms with E-state index < -0.39 is 29.9 Å². The number of carboxylic acids is 1. The van der Waals surface area contributed by atoms with Gasteiger partial charge in [0.25, 0.3) is 11.8 Å². The number of imide groups is 2. The number of amides is 4. The molecule has 2 aliphatic heterocycles. The Morgan fingerprint density at radius 1 is 1.09 bits per heavy atom. The highest BCUT2D eigenvalue weighted by atomic mass is 16.7. The van der Waals surface area contributed by atoms with Crippen LogP contribution in [0.1, 0.15) is 18.5 Å². The molecular formula is C23H17N3O7. The van der Waals surface area contributed by atoms with Gasteiger partial charge in [-0.3, -0.25) is 14.9 Å². The van der Waals surface area contributed by atoms with E-state index in [1.54, 1.807) is 48.0 Å². The highest BCUT2D eigenvalue weighted by molar-refractivity contribution is 6.39. The van der Waals surface area contributed by atoms with Crippen LogP contribution in [-0.2, 0) is 14.4 Å². The first-order valence-corrected chi connectivity index (χ1v) is 9.98. The molecule has 10 nitrogen and oxygen atoms in total. The number of nitrogens with one attached hydrogen (secondary N) is 1. The van der Waals surface area contributed by atoms with Gasteiger partial charge in [0, 0.05) is 23.2 Å². The van der Waals surface area contributed by atoms with Crippen molar-refractivity contribution in [3.8, 4) is 11.5 Å². The first-order valence-electron chi connectivity index (χ1n) is 9.98. The number of fused-ring (bicyclic) bond motifs is 2. The molecule has 2 aliphatic rings. The molecule has 1 atom stereocenters. The van der Waals surface area contributed by atoms with E-state index in [1.165, 1.54) is 18.2 Å². The molecule has 0 radical (unpaired) electrons. The Labute approximate surface area is 186 Å². The quantitative estimate of drug-likeness (QED) is 0.465. The van der Waals surface area contributed by atoms with E-state index in [1.807, 2.05) is 0 Å². The number of aromatic nitrogens is 1. The van der Waals surface area contributed by atoms with Gasteiger partial charge in [-0.2, -0.15) is 0 Å². The molecule has 3 aromatic rings. The molecule has 0 aliphatic carbocycles. The molecule has 1 aromatic heterocycles. The summed E-state index contributed by atoms with van der Waals surface area (Å²) in [6, 6.07) is 9.85. The van der Waals surface area contributed by atoms with Gasteiger partial charge in [0.05, 0.1) is 5.69 Å². The van der Waals surface area contributed by atoms with Gasteiger partial charge in [0.1, 0.15) is 11.6 Å². The van der Waals surface area contributed by atoms with E-state index in [0.717, 1.165) is 10.3 Å². The molecule has 1 saturated heterocycles. The smallest absolute Gasteiger partial charge is 0.335 e. The number of benzene rings is 2. The summed E-state index contributed by atoms with van der Waals surface area (Å²) in [5.41, 5.74) is 1.26. The molecule has 4 amide bonds. The standard InChI is InChI=1S/C23H17N3O7/c1-12(22(29)30)25-7-6-14-8-13(2-4-17(14)25)9-16-20(27)24-23(31)26(21(16)28)15-3-5-18-19(10-15)33-11-32-18/h2-10,12H,11H2,1H3,(H,29,30)(H,24,27,31)/b16-9+/t12-/m1/s1. The molecule has 10 heteroatoms. The third-order valence-corrected chi connectivity index (χ3v) is 5.55. The number of rotatable bonds is 4. The van der Waals surface area contributed by atoms with E-state index in [4.69, 9.17) is 9.47 Å². The number of aliphatic carboxylic acids is 1. The Bertz CT molecular complexity index is 1390. The molecule has 2 N–H and O–H groups in total. The average molecular weight is 447 g/mol. The molecule has 1 fully saturated rings. The third kappa shape index (κ3) is 3.37. The monoisotopic (exact) mass is 447 g/mol. The largest absolute Gasteiger partial charge is 0.480 e. The van der Waals surface area contributed by atoms with Gasteiger partial charge in [-0.25, -0.2) is 14.5 Å². The zero-order chi connectivity index (χ0) is 23.3. The highest BCUT2D eigenvalue weighted by Gasteiger charge is 2.37. The molecule has 166 valence electrons. The van der Waals surface area contributed by atoms with Gasteiger partial charge < -0.3 is 19.1 Å². The normalized spacial score (nSPS) is 17.5. The fourth-order valence-electron chi connectivity index (χ4n) is 3.81. The first-order chi connectivity index (χ1) is 15.8. The molecule has 0 spiro atoms. The number of carboxylic acid groups (broad SMARTS) is 1. The van der Waals surface area contributed by atoms with Crippen molar-refractivity contribution in [2.45, 2.75) is 13.0 Å². The highest BCUT2D eigenvalue weighted by Crippen LogP contribution is 2.36. The lowest BCUT2D eigenvalue weighted by Crippen LogP contribution is -2.54. The number of hydrogen-bond donors (Lipinski definition) is 2. The zero-order valence-electron chi connectivity index (χ0n) is 17.3. The van der Waals surface area contributed by atoms with E-state index in [9.17, 15) is 24.3 Å². The number of carbonyl (C=O) groups is 4. The van der Waals surface area contributed by atoms with E-state index in [2.05, 4.69) is 5.32 Å². The lowest BCUT2D eigenvalue weighted by Gasteiger charge is -2.26. The van der Waals surface area contributed by atoms with Crippen LogP contribution in [0.4, 0.5) is 10.5 Å². The Hall–Kier alpha value is -4.60. The van der Waals surface area contributed by atoms with Crippen LogP contribution >= 0.6 is 0 Å². The van der Waals surface area contributed by atoms with Crippen molar-refractivity contribution in [3.63, 3.8) is 0 Å². The number of hydrogen-bond acceptors (Lipinski definition) is 6.